The Kier molecular flexibility index (Phi) is 3.88. The topological polar surface area (TPSA) is 33.0 Å². The standard InChI is InChI=1S/C13H17NO/c1-5-15-12(8-14)13-10(3)6-9(2)7-11(13)4/h6-7,12H,5H2,1-4H3. The number of hydrogen-bond donors (Lipinski definition) is 0. The van der Waals surface area contributed by atoms with Gasteiger partial charge < -0.3 is 4.74 Å². The van der Waals surface area contributed by atoms with Crippen LogP contribution < -0.4 is 0 Å². The average molecular weight is 203 g/mol. The number of rotatable bonds is 3. The summed E-state index contributed by atoms with van der Waals surface area (Å²) in [5, 5.41) is 9.05. The molecule has 0 aromatic heterocycles. The van der Waals surface area contributed by atoms with Gasteiger partial charge in [0.15, 0.2) is 6.10 Å². The van der Waals surface area contributed by atoms with Gasteiger partial charge in [0.2, 0.25) is 0 Å². The summed E-state index contributed by atoms with van der Waals surface area (Å²) in [5.74, 6) is 0. The minimum atomic E-state index is -0.435. The van der Waals surface area contributed by atoms with Gasteiger partial charge >= 0.3 is 0 Å². The predicted molar refractivity (Wildman–Crippen MR) is 60.6 cm³/mol. The number of nitriles is 1. The van der Waals surface area contributed by atoms with E-state index in [0.29, 0.717) is 6.61 Å². The second-order valence-corrected chi connectivity index (χ2v) is 3.78. The van der Waals surface area contributed by atoms with Gasteiger partial charge in [0.1, 0.15) is 0 Å². The molecule has 0 heterocycles. The van der Waals surface area contributed by atoms with Crippen molar-refractivity contribution >= 4 is 0 Å². The van der Waals surface area contributed by atoms with E-state index in [1.165, 1.54) is 5.56 Å². The molecule has 2 heteroatoms. The molecule has 80 valence electrons. The smallest absolute Gasteiger partial charge is 0.169 e. The van der Waals surface area contributed by atoms with Crippen LogP contribution in [0.25, 0.3) is 0 Å². The molecule has 2 nitrogen and oxygen atoms in total. The summed E-state index contributed by atoms with van der Waals surface area (Å²) in [6.45, 7) is 8.58. The SMILES string of the molecule is CCOC(C#N)c1c(C)cc(C)cc1C. The van der Waals surface area contributed by atoms with Crippen molar-refractivity contribution in [2.24, 2.45) is 0 Å². The average Bonchev–Trinajstić information content (AvgIpc) is 2.14. The lowest BCUT2D eigenvalue weighted by Crippen LogP contribution is -2.06. The zero-order valence-electron chi connectivity index (χ0n) is 9.79. The summed E-state index contributed by atoms with van der Waals surface area (Å²) in [4.78, 5) is 0. The molecule has 0 saturated carbocycles. The number of benzene rings is 1. The quantitative estimate of drug-likeness (QED) is 0.755. The van der Waals surface area contributed by atoms with Crippen LogP contribution in [0.3, 0.4) is 0 Å². The van der Waals surface area contributed by atoms with Gasteiger partial charge in [0, 0.05) is 12.2 Å². The minimum absolute atomic E-state index is 0.435. The van der Waals surface area contributed by atoms with Crippen molar-refractivity contribution in [3.8, 4) is 6.07 Å². The van der Waals surface area contributed by atoms with Crippen molar-refractivity contribution < 1.29 is 4.74 Å². The van der Waals surface area contributed by atoms with E-state index in [1.54, 1.807) is 0 Å². The molecule has 1 aromatic carbocycles. The molecule has 15 heavy (non-hydrogen) atoms. The summed E-state index contributed by atoms with van der Waals surface area (Å²) >= 11 is 0. The van der Waals surface area contributed by atoms with Gasteiger partial charge in [-0.25, -0.2) is 0 Å². The van der Waals surface area contributed by atoms with Crippen molar-refractivity contribution in [2.45, 2.75) is 33.8 Å². The highest BCUT2D eigenvalue weighted by Crippen LogP contribution is 2.25. The van der Waals surface area contributed by atoms with E-state index < -0.39 is 6.10 Å². The van der Waals surface area contributed by atoms with Gasteiger partial charge in [-0.15, -0.1) is 0 Å². The van der Waals surface area contributed by atoms with Crippen LogP contribution in [0.15, 0.2) is 12.1 Å². The van der Waals surface area contributed by atoms with Crippen molar-refractivity contribution in [3.63, 3.8) is 0 Å². The van der Waals surface area contributed by atoms with Gasteiger partial charge in [-0.1, -0.05) is 17.7 Å². The highest BCUT2D eigenvalue weighted by Gasteiger charge is 2.15. The van der Waals surface area contributed by atoms with Gasteiger partial charge in [0.05, 0.1) is 6.07 Å². The van der Waals surface area contributed by atoms with E-state index in [2.05, 4.69) is 25.1 Å². The fraction of sp³-hybridized carbons (Fsp3) is 0.462. The lowest BCUT2D eigenvalue weighted by Gasteiger charge is -2.16. The molecular weight excluding hydrogens is 186 g/mol. The van der Waals surface area contributed by atoms with E-state index in [0.717, 1.165) is 16.7 Å². The van der Waals surface area contributed by atoms with E-state index >= 15 is 0 Å². The molecule has 0 bridgehead atoms. The van der Waals surface area contributed by atoms with Crippen molar-refractivity contribution in [3.05, 3.63) is 34.4 Å². The molecule has 1 unspecified atom stereocenters. The predicted octanol–water partition coefficient (Wildman–Crippen LogP) is 3.21. The second kappa shape index (κ2) is 4.95. The molecule has 0 aliphatic heterocycles. The number of nitrogens with zero attached hydrogens (tertiary/aromatic N) is 1. The van der Waals surface area contributed by atoms with E-state index in [1.807, 2.05) is 20.8 Å². The Bertz CT molecular complexity index is 367. The number of ether oxygens (including phenoxy) is 1. The molecule has 0 spiro atoms. The Balaban J connectivity index is 3.18. The van der Waals surface area contributed by atoms with Crippen molar-refractivity contribution in [1.82, 2.24) is 0 Å². The largest absolute Gasteiger partial charge is 0.359 e. The van der Waals surface area contributed by atoms with Crippen LogP contribution in [-0.4, -0.2) is 6.61 Å². The summed E-state index contributed by atoms with van der Waals surface area (Å²) in [6.07, 6.45) is -0.435. The van der Waals surface area contributed by atoms with Gasteiger partial charge in [-0.3, -0.25) is 0 Å². The van der Waals surface area contributed by atoms with Crippen LogP contribution in [0.1, 0.15) is 35.3 Å². The molecule has 1 aromatic rings. The maximum atomic E-state index is 9.05. The minimum Gasteiger partial charge on any atom is -0.359 e. The molecule has 0 radical (unpaired) electrons. The fourth-order valence-electron chi connectivity index (χ4n) is 1.96. The van der Waals surface area contributed by atoms with Gasteiger partial charge in [-0.2, -0.15) is 5.26 Å². The van der Waals surface area contributed by atoms with Gasteiger partial charge in [0.25, 0.3) is 0 Å². The Morgan fingerprint density at radius 3 is 2.20 bits per heavy atom. The molecule has 1 rings (SSSR count). The van der Waals surface area contributed by atoms with E-state index in [-0.39, 0.29) is 0 Å². The summed E-state index contributed by atoms with van der Waals surface area (Å²) < 4.78 is 5.42. The molecule has 0 fully saturated rings. The van der Waals surface area contributed by atoms with E-state index in [9.17, 15) is 0 Å². The Morgan fingerprint density at radius 2 is 1.80 bits per heavy atom. The van der Waals surface area contributed by atoms with E-state index in [4.69, 9.17) is 10.00 Å². The molecule has 0 N–H and O–H groups in total. The van der Waals surface area contributed by atoms with Crippen LogP contribution in [-0.2, 0) is 4.74 Å². The van der Waals surface area contributed by atoms with Crippen molar-refractivity contribution in [1.29, 1.82) is 5.26 Å². The van der Waals surface area contributed by atoms with Crippen LogP contribution in [0, 0.1) is 32.1 Å². The molecule has 1 atom stereocenters. The third-order valence-electron chi connectivity index (χ3n) is 2.45. The fourth-order valence-corrected chi connectivity index (χ4v) is 1.96. The number of aryl methyl sites for hydroxylation is 3. The third kappa shape index (κ3) is 2.57. The van der Waals surface area contributed by atoms with Crippen LogP contribution >= 0.6 is 0 Å². The first-order valence-corrected chi connectivity index (χ1v) is 5.19. The molecule has 0 aliphatic rings. The molecular formula is C13H17NO. The first kappa shape index (κ1) is 11.7. The lowest BCUT2D eigenvalue weighted by atomic mass is 9.96. The zero-order valence-corrected chi connectivity index (χ0v) is 9.79. The van der Waals surface area contributed by atoms with Crippen LogP contribution in [0.2, 0.25) is 0 Å². The second-order valence-electron chi connectivity index (χ2n) is 3.78. The first-order valence-electron chi connectivity index (χ1n) is 5.19. The molecule has 0 saturated heterocycles. The summed E-state index contributed by atoms with van der Waals surface area (Å²) in [6, 6.07) is 6.38. The maximum absolute atomic E-state index is 9.05. The first-order chi connectivity index (χ1) is 7.10. The lowest BCUT2D eigenvalue weighted by molar-refractivity contribution is 0.101. The monoisotopic (exact) mass is 203 g/mol. The summed E-state index contributed by atoms with van der Waals surface area (Å²) in [7, 11) is 0. The summed E-state index contributed by atoms with van der Waals surface area (Å²) in [5.41, 5.74) is 4.51. The Morgan fingerprint density at radius 1 is 1.27 bits per heavy atom. The maximum Gasteiger partial charge on any atom is 0.169 e. The van der Waals surface area contributed by atoms with Gasteiger partial charge in [-0.05, 0) is 38.8 Å². The van der Waals surface area contributed by atoms with Crippen LogP contribution in [0.4, 0.5) is 0 Å². The highest BCUT2D eigenvalue weighted by molar-refractivity contribution is 5.41. The normalized spacial score (nSPS) is 12.2. The Labute approximate surface area is 91.5 Å². The molecule has 0 amide bonds. The number of hydrogen-bond acceptors (Lipinski definition) is 2. The zero-order chi connectivity index (χ0) is 11.4. The Hall–Kier alpha value is -1.33. The highest BCUT2D eigenvalue weighted by atomic mass is 16.5. The van der Waals surface area contributed by atoms with Crippen LogP contribution in [0.5, 0.6) is 0 Å². The van der Waals surface area contributed by atoms with Crippen molar-refractivity contribution in [2.75, 3.05) is 6.61 Å². The molecule has 0 aliphatic carbocycles. The third-order valence-corrected chi connectivity index (χ3v) is 2.45.